The van der Waals surface area contributed by atoms with Crippen LogP contribution in [0.4, 0.5) is 5.69 Å². The molecule has 1 aliphatic rings. The number of fused-ring (bicyclic) bond motifs is 1. The molecule has 0 bridgehead atoms. The van der Waals surface area contributed by atoms with Gasteiger partial charge in [0.05, 0.1) is 23.0 Å². The number of anilines is 1. The number of hydrogen-bond donors (Lipinski definition) is 1. The first-order valence-electron chi connectivity index (χ1n) is 7.89. The second kappa shape index (κ2) is 5.88. The number of rotatable bonds is 4. The molecule has 0 atom stereocenters. The van der Waals surface area contributed by atoms with E-state index in [1.54, 1.807) is 0 Å². The van der Waals surface area contributed by atoms with Crippen LogP contribution in [0.25, 0.3) is 5.57 Å². The third-order valence-electron chi connectivity index (χ3n) is 4.23. The van der Waals surface area contributed by atoms with Crippen molar-refractivity contribution in [1.29, 1.82) is 5.26 Å². The number of aryl methyl sites for hydroxylation is 1. The lowest BCUT2D eigenvalue weighted by Crippen LogP contribution is -2.03. The summed E-state index contributed by atoms with van der Waals surface area (Å²) >= 11 is 0. The van der Waals surface area contributed by atoms with E-state index >= 15 is 0 Å². The molecule has 5 nitrogen and oxygen atoms in total. The number of hydrogen-bond acceptors (Lipinski definition) is 4. The van der Waals surface area contributed by atoms with Gasteiger partial charge in [0.2, 0.25) is 0 Å². The fourth-order valence-corrected chi connectivity index (χ4v) is 2.95. The van der Waals surface area contributed by atoms with Gasteiger partial charge in [0, 0.05) is 49.1 Å². The number of allylic oxidation sites excluding steroid dienone is 2. The minimum atomic E-state index is 0.352. The molecule has 0 amide bonds. The van der Waals surface area contributed by atoms with Crippen molar-refractivity contribution < 1.29 is 0 Å². The maximum absolute atomic E-state index is 9.24. The van der Waals surface area contributed by atoms with E-state index < -0.39 is 0 Å². The highest BCUT2D eigenvalue weighted by Gasteiger charge is 2.21. The lowest BCUT2D eigenvalue weighted by atomic mass is 10.0. The monoisotopic (exact) mass is 307 g/mol. The lowest BCUT2D eigenvalue weighted by Gasteiger charge is -2.11. The third kappa shape index (κ3) is 2.72. The molecule has 2 aromatic heterocycles. The first-order chi connectivity index (χ1) is 11.0. The molecule has 0 unspecified atom stereocenters. The Morgan fingerprint density at radius 3 is 2.83 bits per heavy atom. The van der Waals surface area contributed by atoms with Crippen LogP contribution in [-0.4, -0.2) is 21.8 Å². The predicted octanol–water partition coefficient (Wildman–Crippen LogP) is 3.26. The van der Waals surface area contributed by atoms with Crippen molar-refractivity contribution in [2.75, 3.05) is 12.4 Å². The molecule has 3 rings (SSSR count). The molecule has 0 saturated carbocycles. The smallest absolute Gasteiger partial charge is 0.0996 e. The van der Waals surface area contributed by atoms with Gasteiger partial charge >= 0.3 is 0 Å². The van der Waals surface area contributed by atoms with Crippen LogP contribution in [0.3, 0.4) is 0 Å². The van der Waals surface area contributed by atoms with Crippen molar-refractivity contribution in [1.82, 2.24) is 14.8 Å². The molecule has 0 aliphatic heterocycles. The van der Waals surface area contributed by atoms with Gasteiger partial charge in [0.1, 0.15) is 0 Å². The molecule has 0 radical (unpaired) electrons. The minimum Gasteiger partial charge on any atom is -0.387 e. The third-order valence-corrected chi connectivity index (χ3v) is 4.23. The van der Waals surface area contributed by atoms with E-state index in [1.165, 1.54) is 5.56 Å². The van der Waals surface area contributed by atoms with Gasteiger partial charge in [-0.05, 0) is 32.4 Å². The highest BCUT2D eigenvalue weighted by Crippen LogP contribution is 2.33. The maximum Gasteiger partial charge on any atom is 0.0996 e. The summed E-state index contributed by atoms with van der Waals surface area (Å²) in [6, 6.07) is 4.65. The van der Waals surface area contributed by atoms with Crippen molar-refractivity contribution >= 4 is 11.3 Å². The Morgan fingerprint density at radius 2 is 2.22 bits per heavy atom. The van der Waals surface area contributed by atoms with Crippen LogP contribution in [0.15, 0.2) is 18.3 Å². The average molecular weight is 307 g/mol. The zero-order chi connectivity index (χ0) is 16.6. The van der Waals surface area contributed by atoms with Crippen molar-refractivity contribution in [2.24, 2.45) is 0 Å². The van der Waals surface area contributed by atoms with Gasteiger partial charge in [0.25, 0.3) is 0 Å². The summed E-state index contributed by atoms with van der Waals surface area (Å²) in [7, 11) is 1.88. The SMILES string of the molecule is CNc1cc(Cc2cn(C(C)C)nc2C)nc2c1C(C#N)=CC2. The molecule has 2 aromatic rings. The second-order valence-corrected chi connectivity index (χ2v) is 6.16. The molecule has 1 aliphatic carbocycles. The fourth-order valence-electron chi connectivity index (χ4n) is 2.95. The van der Waals surface area contributed by atoms with Crippen LogP contribution in [0.5, 0.6) is 0 Å². The number of pyridine rings is 1. The topological polar surface area (TPSA) is 66.5 Å². The average Bonchev–Trinajstić information content (AvgIpc) is 3.10. The first-order valence-corrected chi connectivity index (χ1v) is 7.89. The molecule has 0 fully saturated rings. The summed E-state index contributed by atoms with van der Waals surface area (Å²) in [5.74, 6) is 0. The molecule has 0 spiro atoms. The van der Waals surface area contributed by atoms with Gasteiger partial charge < -0.3 is 5.32 Å². The van der Waals surface area contributed by atoms with E-state index in [0.29, 0.717) is 11.6 Å². The highest BCUT2D eigenvalue weighted by molar-refractivity contribution is 5.88. The Hall–Kier alpha value is -2.61. The molecule has 23 heavy (non-hydrogen) atoms. The quantitative estimate of drug-likeness (QED) is 0.941. The van der Waals surface area contributed by atoms with Crippen molar-refractivity contribution in [3.8, 4) is 6.07 Å². The Balaban J connectivity index is 1.96. The molecule has 118 valence electrons. The number of aromatic nitrogens is 3. The van der Waals surface area contributed by atoms with Crippen LogP contribution in [-0.2, 0) is 12.8 Å². The highest BCUT2D eigenvalue weighted by atomic mass is 15.3. The number of nitriles is 1. The van der Waals surface area contributed by atoms with Crippen molar-refractivity contribution in [3.05, 3.63) is 46.5 Å². The zero-order valence-electron chi connectivity index (χ0n) is 14.0. The van der Waals surface area contributed by atoms with E-state index in [9.17, 15) is 5.26 Å². The van der Waals surface area contributed by atoms with Crippen LogP contribution < -0.4 is 5.32 Å². The molecule has 5 heteroatoms. The lowest BCUT2D eigenvalue weighted by molar-refractivity contribution is 0.529. The maximum atomic E-state index is 9.24. The fraction of sp³-hybridized carbons (Fsp3) is 0.389. The normalized spacial score (nSPS) is 13.0. The van der Waals surface area contributed by atoms with Gasteiger partial charge in [0.15, 0.2) is 0 Å². The summed E-state index contributed by atoms with van der Waals surface area (Å²) in [4.78, 5) is 4.77. The number of nitrogens with zero attached hydrogens (tertiary/aromatic N) is 4. The first kappa shape index (κ1) is 15.3. The van der Waals surface area contributed by atoms with E-state index in [0.717, 1.165) is 41.2 Å². The van der Waals surface area contributed by atoms with E-state index in [2.05, 4.69) is 36.5 Å². The van der Waals surface area contributed by atoms with Crippen LogP contribution in [0.1, 0.15) is 48.1 Å². The summed E-state index contributed by atoms with van der Waals surface area (Å²) in [6.07, 6.45) is 5.53. The van der Waals surface area contributed by atoms with Gasteiger partial charge in [-0.2, -0.15) is 10.4 Å². The minimum absolute atomic E-state index is 0.352. The molecule has 2 heterocycles. The molecule has 0 saturated heterocycles. The van der Waals surface area contributed by atoms with E-state index in [-0.39, 0.29) is 0 Å². The van der Waals surface area contributed by atoms with Crippen LogP contribution in [0, 0.1) is 18.3 Å². The van der Waals surface area contributed by atoms with Gasteiger partial charge in [-0.15, -0.1) is 0 Å². The van der Waals surface area contributed by atoms with Gasteiger partial charge in [-0.25, -0.2) is 0 Å². The Bertz CT molecular complexity index is 821. The van der Waals surface area contributed by atoms with E-state index in [1.807, 2.05) is 30.8 Å². The summed E-state index contributed by atoms with van der Waals surface area (Å²) in [5.41, 5.74) is 6.87. The van der Waals surface area contributed by atoms with Crippen molar-refractivity contribution in [3.63, 3.8) is 0 Å². The van der Waals surface area contributed by atoms with Gasteiger partial charge in [-0.3, -0.25) is 9.67 Å². The van der Waals surface area contributed by atoms with Crippen LogP contribution in [0.2, 0.25) is 0 Å². The predicted molar refractivity (Wildman–Crippen MR) is 91.2 cm³/mol. The van der Waals surface area contributed by atoms with Crippen LogP contribution >= 0.6 is 0 Å². The van der Waals surface area contributed by atoms with E-state index in [4.69, 9.17) is 4.98 Å². The standard InChI is InChI=1S/C18H21N5/c1-11(2)23-10-14(12(3)22-23)7-15-8-17(20-4)18-13(9-19)5-6-16(18)21-15/h5,8,10-11H,6-7H2,1-4H3,(H,20,21). The Morgan fingerprint density at radius 1 is 1.43 bits per heavy atom. The Kier molecular flexibility index (Phi) is 3.91. The summed E-state index contributed by atoms with van der Waals surface area (Å²) in [6.45, 7) is 6.28. The number of nitrogens with one attached hydrogen (secondary N) is 1. The summed E-state index contributed by atoms with van der Waals surface area (Å²) < 4.78 is 1.99. The molecule has 1 N–H and O–H groups in total. The largest absolute Gasteiger partial charge is 0.387 e. The molecule has 0 aromatic carbocycles. The molecular weight excluding hydrogens is 286 g/mol. The summed E-state index contributed by atoms with van der Waals surface area (Å²) in [5, 5.41) is 17.0. The molecular formula is C18H21N5. The second-order valence-electron chi connectivity index (χ2n) is 6.16. The zero-order valence-corrected chi connectivity index (χ0v) is 14.0. The Labute approximate surface area is 136 Å². The van der Waals surface area contributed by atoms with Crippen molar-refractivity contribution in [2.45, 2.75) is 39.7 Å². The van der Waals surface area contributed by atoms with Gasteiger partial charge in [-0.1, -0.05) is 6.08 Å².